The molecule has 25 heavy (non-hydrogen) atoms. The van der Waals surface area contributed by atoms with Crippen LogP contribution < -0.4 is 10.6 Å². The number of hydrogen-bond acceptors (Lipinski definition) is 6. The number of carbonyl (C=O) groups is 1. The van der Waals surface area contributed by atoms with E-state index in [-0.39, 0.29) is 18.6 Å². The zero-order valence-corrected chi connectivity index (χ0v) is 15.6. The molecule has 0 saturated carbocycles. The molecule has 0 radical (unpaired) electrons. The second-order valence-corrected chi connectivity index (χ2v) is 6.80. The van der Waals surface area contributed by atoms with Gasteiger partial charge in [-0.05, 0) is 62.6 Å². The Kier molecular flexibility index (Phi) is 7.21. The molecular weight excluding hydrogens is 336 g/mol. The molecule has 0 aliphatic carbocycles. The van der Waals surface area contributed by atoms with Gasteiger partial charge in [-0.2, -0.15) is 11.8 Å². The molecule has 1 aromatic carbocycles. The molecule has 7 heteroatoms. The van der Waals surface area contributed by atoms with Crippen LogP contribution in [0.2, 0.25) is 0 Å². The number of carbonyl (C=O) groups excluding carboxylic acids is 1. The molecule has 134 valence electrons. The highest BCUT2D eigenvalue weighted by Gasteiger charge is 2.12. The minimum Gasteiger partial charge on any atom is -0.394 e. The van der Waals surface area contributed by atoms with E-state index in [1.165, 1.54) is 0 Å². The van der Waals surface area contributed by atoms with Crippen molar-refractivity contribution in [3.63, 3.8) is 0 Å². The molecule has 2 aromatic rings. The Morgan fingerprint density at radius 2 is 1.84 bits per heavy atom. The van der Waals surface area contributed by atoms with Crippen LogP contribution in [0.3, 0.4) is 0 Å². The Morgan fingerprint density at radius 1 is 1.20 bits per heavy atom. The van der Waals surface area contributed by atoms with Crippen molar-refractivity contribution in [2.45, 2.75) is 26.3 Å². The summed E-state index contributed by atoms with van der Waals surface area (Å²) in [5.74, 6) is 1.24. The smallest absolute Gasteiger partial charge is 0.251 e. The number of aliphatic hydroxyl groups is 1. The van der Waals surface area contributed by atoms with Crippen LogP contribution in [0.5, 0.6) is 0 Å². The van der Waals surface area contributed by atoms with Crippen LogP contribution in [-0.2, 0) is 0 Å². The van der Waals surface area contributed by atoms with Crippen LogP contribution in [0.4, 0.5) is 11.6 Å². The first kappa shape index (κ1) is 19.2. The number of nitrogens with one attached hydrogen (secondary N) is 2. The zero-order valence-electron chi connectivity index (χ0n) is 14.7. The maximum absolute atomic E-state index is 12.3. The van der Waals surface area contributed by atoms with Crippen molar-refractivity contribution < 1.29 is 9.90 Å². The fraction of sp³-hybridized carbons (Fsp3) is 0.389. The molecule has 0 aliphatic heterocycles. The molecule has 2 rings (SSSR count). The van der Waals surface area contributed by atoms with E-state index in [1.54, 1.807) is 23.9 Å². The number of aromatic nitrogens is 2. The average molecular weight is 360 g/mol. The number of aryl methyl sites for hydroxylation is 2. The number of hydrogen-bond donors (Lipinski definition) is 3. The van der Waals surface area contributed by atoms with Crippen molar-refractivity contribution in [3.05, 3.63) is 47.3 Å². The van der Waals surface area contributed by atoms with Gasteiger partial charge in [0, 0.05) is 22.6 Å². The van der Waals surface area contributed by atoms with E-state index in [0.29, 0.717) is 11.5 Å². The molecule has 0 fully saturated rings. The zero-order chi connectivity index (χ0) is 18.2. The SMILES string of the molecule is CSCC[C@@H](CO)NC(=O)c1ccc(Nc2nc(C)cc(C)n2)cc1. The molecular formula is C18H24N4O2S. The molecule has 1 amide bonds. The van der Waals surface area contributed by atoms with E-state index < -0.39 is 0 Å². The van der Waals surface area contributed by atoms with Crippen molar-refractivity contribution in [2.75, 3.05) is 23.9 Å². The molecule has 0 bridgehead atoms. The van der Waals surface area contributed by atoms with Crippen molar-refractivity contribution in [1.82, 2.24) is 15.3 Å². The Morgan fingerprint density at radius 3 is 2.40 bits per heavy atom. The minimum atomic E-state index is -0.221. The Labute approximate surface area is 152 Å². The van der Waals surface area contributed by atoms with Gasteiger partial charge in [-0.3, -0.25) is 4.79 Å². The number of amides is 1. The first-order chi connectivity index (χ1) is 12.0. The van der Waals surface area contributed by atoms with Crippen LogP contribution in [-0.4, -0.2) is 45.6 Å². The van der Waals surface area contributed by atoms with E-state index >= 15 is 0 Å². The lowest BCUT2D eigenvalue weighted by atomic mass is 10.1. The minimum absolute atomic E-state index is 0.0595. The van der Waals surface area contributed by atoms with E-state index in [0.717, 1.165) is 29.2 Å². The molecule has 0 spiro atoms. The summed E-state index contributed by atoms with van der Waals surface area (Å²) in [5.41, 5.74) is 3.15. The predicted octanol–water partition coefficient (Wildman–Crippen LogP) is 2.68. The van der Waals surface area contributed by atoms with Gasteiger partial charge >= 0.3 is 0 Å². The molecule has 1 atom stereocenters. The number of aliphatic hydroxyl groups excluding tert-OH is 1. The summed E-state index contributed by atoms with van der Waals surface area (Å²) in [5, 5.41) is 15.3. The molecule has 0 unspecified atom stereocenters. The first-order valence-electron chi connectivity index (χ1n) is 8.12. The highest BCUT2D eigenvalue weighted by Crippen LogP contribution is 2.15. The second-order valence-electron chi connectivity index (χ2n) is 5.81. The van der Waals surface area contributed by atoms with Crippen LogP contribution >= 0.6 is 11.8 Å². The van der Waals surface area contributed by atoms with Gasteiger partial charge in [0.05, 0.1) is 12.6 Å². The van der Waals surface area contributed by atoms with E-state index in [9.17, 15) is 9.90 Å². The summed E-state index contributed by atoms with van der Waals surface area (Å²) in [6.45, 7) is 3.78. The third-order valence-electron chi connectivity index (χ3n) is 3.61. The van der Waals surface area contributed by atoms with Crippen molar-refractivity contribution >= 4 is 29.3 Å². The monoisotopic (exact) mass is 360 g/mol. The summed E-state index contributed by atoms with van der Waals surface area (Å²) < 4.78 is 0. The summed E-state index contributed by atoms with van der Waals surface area (Å²) in [7, 11) is 0. The van der Waals surface area contributed by atoms with Crippen molar-refractivity contribution in [3.8, 4) is 0 Å². The summed E-state index contributed by atoms with van der Waals surface area (Å²) in [4.78, 5) is 20.9. The van der Waals surface area contributed by atoms with Crippen LogP contribution in [0.25, 0.3) is 0 Å². The van der Waals surface area contributed by atoms with Crippen LogP contribution in [0.15, 0.2) is 30.3 Å². The molecule has 0 aliphatic rings. The largest absolute Gasteiger partial charge is 0.394 e. The molecule has 1 heterocycles. The average Bonchev–Trinajstić information content (AvgIpc) is 2.58. The summed E-state index contributed by atoms with van der Waals surface area (Å²) >= 11 is 1.69. The third-order valence-corrected chi connectivity index (χ3v) is 4.26. The Balaban J connectivity index is 1.99. The predicted molar refractivity (Wildman–Crippen MR) is 103 cm³/mol. The van der Waals surface area contributed by atoms with Crippen LogP contribution in [0.1, 0.15) is 28.2 Å². The number of rotatable bonds is 8. The maximum atomic E-state index is 12.3. The van der Waals surface area contributed by atoms with Crippen LogP contribution in [0, 0.1) is 13.8 Å². The molecule has 6 nitrogen and oxygen atoms in total. The van der Waals surface area contributed by atoms with Gasteiger partial charge in [-0.1, -0.05) is 0 Å². The quantitative estimate of drug-likeness (QED) is 0.671. The van der Waals surface area contributed by atoms with Gasteiger partial charge < -0.3 is 15.7 Å². The standard InChI is InChI=1S/C18H24N4O2S/c1-12-10-13(2)20-18(19-12)22-15-6-4-14(5-7-15)17(24)21-16(11-23)8-9-25-3/h4-7,10,16,23H,8-9,11H2,1-3H3,(H,21,24)(H,19,20,22)/t16-/m0/s1. The number of benzene rings is 1. The third kappa shape index (κ3) is 6.03. The number of anilines is 2. The fourth-order valence-corrected chi connectivity index (χ4v) is 2.87. The number of thioether (sulfide) groups is 1. The highest BCUT2D eigenvalue weighted by atomic mass is 32.2. The fourth-order valence-electron chi connectivity index (χ4n) is 2.35. The topological polar surface area (TPSA) is 87.1 Å². The lowest BCUT2D eigenvalue weighted by Crippen LogP contribution is -2.37. The van der Waals surface area contributed by atoms with Crippen molar-refractivity contribution in [1.29, 1.82) is 0 Å². The normalized spacial score (nSPS) is 11.8. The molecule has 3 N–H and O–H groups in total. The Hall–Kier alpha value is -2.12. The molecule has 1 aromatic heterocycles. The summed E-state index contributed by atoms with van der Waals surface area (Å²) in [6, 6.07) is 8.79. The Bertz CT molecular complexity index is 686. The van der Waals surface area contributed by atoms with E-state index in [2.05, 4.69) is 20.6 Å². The highest BCUT2D eigenvalue weighted by molar-refractivity contribution is 7.98. The lowest BCUT2D eigenvalue weighted by Gasteiger charge is -2.16. The van der Waals surface area contributed by atoms with Gasteiger partial charge in [-0.15, -0.1) is 0 Å². The van der Waals surface area contributed by atoms with E-state index in [4.69, 9.17) is 0 Å². The van der Waals surface area contributed by atoms with Gasteiger partial charge in [-0.25, -0.2) is 9.97 Å². The van der Waals surface area contributed by atoms with Crippen molar-refractivity contribution in [2.24, 2.45) is 0 Å². The van der Waals surface area contributed by atoms with E-state index in [1.807, 2.05) is 38.3 Å². The van der Waals surface area contributed by atoms with Gasteiger partial charge in [0.15, 0.2) is 0 Å². The first-order valence-corrected chi connectivity index (χ1v) is 9.51. The molecule has 0 saturated heterocycles. The summed E-state index contributed by atoms with van der Waals surface area (Å²) in [6.07, 6.45) is 2.74. The number of nitrogens with zero attached hydrogens (tertiary/aromatic N) is 2. The van der Waals surface area contributed by atoms with Gasteiger partial charge in [0.25, 0.3) is 5.91 Å². The second kappa shape index (κ2) is 9.39. The van der Waals surface area contributed by atoms with Gasteiger partial charge in [0.2, 0.25) is 5.95 Å². The lowest BCUT2D eigenvalue weighted by molar-refractivity contribution is 0.0915. The maximum Gasteiger partial charge on any atom is 0.251 e. The van der Waals surface area contributed by atoms with Gasteiger partial charge in [0.1, 0.15) is 0 Å².